The van der Waals surface area contributed by atoms with E-state index >= 15 is 0 Å². The molecule has 9 heteroatoms. The molecule has 0 aliphatic heterocycles. The van der Waals surface area contributed by atoms with Crippen LogP contribution in [0.25, 0.3) is 0 Å². The number of carbonyl (C=O) groups excluding carboxylic acids is 2. The third-order valence-electron chi connectivity index (χ3n) is 4.47. The van der Waals surface area contributed by atoms with E-state index in [1.165, 1.54) is 36.4 Å². The number of halogens is 1. The summed E-state index contributed by atoms with van der Waals surface area (Å²) in [6, 6.07) is 17.0. The maximum Gasteiger partial charge on any atom is 0.340 e. The molecular weight excluding hydrogens is 452 g/mol. The molecule has 3 aromatic carbocycles. The van der Waals surface area contributed by atoms with E-state index in [0.717, 1.165) is 5.56 Å². The Bertz CT molecular complexity index is 1260. The minimum absolute atomic E-state index is 0.0419. The van der Waals surface area contributed by atoms with Crippen molar-refractivity contribution in [2.24, 2.45) is 0 Å². The second kappa shape index (κ2) is 9.84. The van der Waals surface area contributed by atoms with E-state index in [9.17, 15) is 18.0 Å². The molecular formula is C23H21ClN2O5S. The Hall–Kier alpha value is -3.36. The molecule has 0 atom stereocenters. The Balaban J connectivity index is 1.79. The highest BCUT2D eigenvalue weighted by molar-refractivity contribution is 7.92. The molecule has 0 bridgehead atoms. The standard InChI is InChI=1S/C23H21ClN2O5S/c1-3-31-23(28)19-6-4-5-7-21(19)25-22(27)18-13-10-16(14-20(18)24)26-32(29,30)17-11-8-15(2)9-12-17/h4-14,26H,3H2,1-2H3,(H,25,27). The Kier molecular flexibility index (Phi) is 7.17. The zero-order valence-corrected chi connectivity index (χ0v) is 19.0. The zero-order valence-electron chi connectivity index (χ0n) is 17.4. The van der Waals surface area contributed by atoms with Crippen molar-refractivity contribution in [1.82, 2.24) is 0 Å². The quantitative estimate of drug-likeness (QED) is 0.477. The number of aryl methyl sites for hydroxylation is 1. The van der Waals surface area contributed by atoms with E-state index < -0.39 is 21.9 Å². The summed E-state index contributed by atoms with van der Waals surface area (Å²) in [6.07, 6.45) is 0. The second-order valence-corrected chi connectivity index (χ2v) is 8.92. The first-order valence-corrected chi connectivity index (χ1v) is 11.5. The smallest absolute Gasteiger partial charge is 0.340 e. The fourth-order valence-corrected chi connectivity index (χ4v) is 4.18. The lowest BCUT2D eigenvalue weighted by molar-refractivity contribution is 0.0527. The topological polar surface area (TPSA) is 102 Å². The van der Waals surface area contributed by atoms with Gasteiger partial charge in [-0.1, -0.05) is 41.4 Å². The van der Waals surface area contributed by atoms with Gasteiger partial charge in [0.1, 0.15) is 0 Å². The summed E-state index contributed by atoms with van der Waals surface area (Å²) in [5.74, 6) is -1.12. The molecule has 7 nitrogen and oxygen atoms in total. The normalized spacial score (nSPS) is 11.0. The van der Waals surface area contributed by atoms with E-state index in [1.807, 2.05) is 6.92 Å². The highest BCUT2D eigenvalue weighted by atomic mass is 35.5. The number of hydrogen-bond donors (Lipinski definition) is 2. The van der Waals surface area contributed by atoms with Crippen molar-refractivity contribution in [3.05, 3.63) is 88.4 Å². The Morgan fingerprint density at radius 2 is 1.66 bits per heavy atom. The molecule has 3 rings (SSSR count). The maximum absolute atomic E-state index is 12.7. The van der Waals surface area contributed by atoms with Gasteiger partial charge in [-0.2, -0.15) is 0 Å². The van der Waals surface area contributed by atoms with Crippen molar-refractivity contribution >= 4 is 44.9 Å². The summed E-state index contributed by atoms with van der Waals surface area (Å²) >= 11 is 6.25. The highest BCUT2D eigenvalue weighted by Gasteiger charge is 2.18. The van der Waals surface area contributed by atoms with E-state index in [4.69, 9.17) is 16.3 Å². The predicted octanol–water partition coefficient (Wildman–Crippen LogP) is 4.88. The second-order valence-electron chi connectivity index (χ2n) is 6.83. The van der Waals surface area contributed by atoms with Gasteiger partial charge in [0.2, 0.25) is 0 Å². The molecule has 0 aliphatic carbocycles. The van der Waals surface area contributed by atoms with Crippen molar-refractivity contribution in [3.8, 4) is 0 Å². The van der Waals surface area contributed by atoms with Crippen LogP contribution in [0.5, 0.6) is 0 Å². The van der Waals surface area contributed by atoms with Crippen molar-refractivity contribution in [1.29, 1.82) is 0 Å². The number of rotatable bonds is 7. The van der Waals surface area contributed by atoms with Gasteiger partial charge in [-0.05, 0) is 56.3 Å². The fourth-order valence-electron chi connectivity index (χ4n) is 2.86. The third-order valence-corrected chi connectivity index (χ3v) is 6.18. The SMILES string of the molecule is CCOC(=O)c1ccccc1NC(=O)c1ccc(NS(=O)(=O)c2ccc(C)cc2)cc1Cl. The van der Waals surface area contributed by atoms with Crippen LogP contribution in [-0.2, 0) is 14.8 Å². The van der Waals surface area contributed by atoms with Gasteiger partial charge < -0.3 is 10.1 Å². The minimum atomic E-state index is -3.81. The number of amides is 1. The van der Waals surface area contributed by atoms with Crippen molar-refractivity contribution in [2.75, 3.05) is 16.6 Å². The van der Waals surface area contributed by atoms with Crippen LogP contribution in [0.4, 0.5) is 11.4 Å². The van der Waals surface area contributed by atoms with Crippen LogP contribution in [-0.4, -0.2) is 26.9 Å². The van der Waals surface area contributed by atoms with Crippen molar-refractivity contribution < 1.29 is 22.7 Å². The number of esters is 1. The largest absolute Gasteiger partial charge is 0.462 e. The maximum atomic E-state index is 12.7. The van der Waals surface area contributed by atoms with Crippen LogP contribution in [0.1, 0.15) is 33.2 Å². The minimum Gasteiger partial charge on any atom is -0.462 e. The molecule has 0 radical (unpaired) electrons. The van der Waals surface area contributed by atoms with E-state index in [1.54, 1.807) is 37.3 Å². The van der Waals surface area contributed by atoms with Crippen molar-refractivity contribution in [2.45, 2.75) is 18.7 Å². The van der Waals surface area contributed by atoms with Gasteiger partial charge in [0, 0.05) is 0 Å². The molecule has 0 fully saturated rings. The Morgan fingerprint density at radius 3 is 2.31 bits per heavy atom. The number of hydrogen-bond acceptors (Lipinski definition) is 5. The number of anilines is 2. The van der Waals surface area contributed by atoms with Crippen LogP contribution in [0.15, 0.2) is 71.6 Å². The lowest BCUT2D eigenvalue weighted by atomic mass is 10.1. The highest BCUT2D eigenvalue weighted by Crippen LogP contribution is 2.25. The first kappa shape index (κ1) is 23.3. The number of benzene rings is 3. The molecule has 32 heavy (non-hydrogen) atoms. The first-order valence-electron chi connectivity index (χ1n) is 9.68. The van der Waals surface area contributed by atoms with Crippen molar-refractivity contribution in [3.63, 3.8) is 0 Å². The summed E-state index contributed by atoms with van der Waals surface area (Å²) in [4.78, 5) is 24.9. The summed E-state index contributed by atoms with van der Waals surface area (Å²) in [6.45, 7) is 3.75. The van der Waals surface area contributed by atoms with Gasteiger partial charge in [0.15, 0.2) is 0 Å². The van der Waals surface area contributed by atoms with Gasteiger partial charge in [-0.15, -0.1) is 0 Å². The Morgan fingerprint density at radius 1 is 0.969 bits per heavy atom. The number of para-hydroxylation sites is 1. The zero-order chi connectivity index (χ0) is 23.3. The number of nitrogens with one attached hydrogen (secondary N) is 2. The summed E-state index contributed by atoms with van der Waals surface area (Å²) < 4.78 is 32.6. The Labute approximate surface area is 191 Å². The molecule has 0 spiro atoms. The summed E-state index contributed by atoms with van der Waals surface area (Å²) in [7, 11) is -3.81. The van der Waals surface area contributed by atoms with Gasteiger partial charge in [0.25, 0.3) is 15.9 Å². The molecule has 0 saturated carbocycles. The molecule has 2 N–H and O–H groups in total. The predicted molar refractivity (Wildman–Crippen MR) is 124 cm³/mol. The lowest BCUT2D eigenvalue weighted by Gasteiger charge is -2.12. The fraction of sp³-hybridized carbons (Fsp3) is 0.130. The number of ether oxygens (including phenoxy) is 1. The average Bonchev–Trinajstić information content (AvgIpc) is 2.74. The van der Waals surface area contributed by atoms with E-state index in [-0.39, 0.29) is 39.0 Å². The molecule has 0 saturated heterocycles. The average molecular weight is 473 g/mol. The molecule has 166 valence electrons. The lowest BCUT2D eigenvalue weighted by Crippen LogP contribution is -2.17. The first-order chi connectivity index (χ1) is 15.2. The monoisotopic (exact) mass is 472 g/mol. The van der Waals surface area contributed by atoms with Crippen LogP contribution < -0.4 is 10.0 Å². The molecule has 0 heterocycles. The van der Waals surface area contributed by atoms with E-state index in [0.29, 0.717) is 0 Å². The molecule has 0 unspecified atom stereocenters. The van der Waals surface area contributed by atoms with E-state index in [2.05, 4.69) is 10.0 Å². The summed E-state index contributed by atoms with van der Waals surface area (Å²) in [5.41, 5.74) is 1.74. The van der Waals surface area contributed by atoms with Crippen LogP contribution in [0.3, 0.4) is 0 Å². The number of sulfonamides is 1. The third kappa shape index (κ3) is 5.46. The molecule has 1 amide bonds. The molecule has 3 aromatic rings. The molecule has 0 aromatic heterocycles. The van der Waals surface area contributed by atoms with Gasteiger partial charge in [-0.25, -0.2) is 13.2 Å². The van der Waals surface area contributed by atoms with Gasteiger partial charge in [-0.3, -0.25) is 9.52 Å². The van der Waals surface area contributed by atoms with Gasteiger partial charge in [0.05, 0.1) is 39.0 Å². The molecule has 0 aliphatic rings. The number of carbonyl (C=O) groups is 2. The van der Waals surface area contributed by atoms with Gasteiger partial charge >= 0.3 is 5.97 Å². The van der Waals surface area contributed by atoms with Crippen LogP contribution in [0.2, 0.25) is 5.02 Å². The van der Waals surface area contributed by atoms with Crippen LogP contribution >= 0.6 is 11.6 Å². The van der Waals surface area contributed by atoms with Crippen LogP contribution in [0, 0.1) is 6.92 Å². The summed E-state index contributed by atoms with van der Waals surface area (Å²) in [5, 5.41) is 2.68.